The fourth-order valence-corrected chi connectivity index (χ4v) is 2.27. The summed E-state index contributed by atoms with van der Waals surface area (Å²) in [7, 11) is 0. The number of aromatic nitrogens is 1. The molecule has 0 saturated carbocycles. The summed E-state index contributed by atoms with van der Waals surface area (Å²) in [6.45, 7) is 0. The van der Waals surface area contributed by atoms with Crippen molar-refractivity contribution < 1.29 is 0 Å². The van der Waals surface area contributed by atoms with Crippen molar-refractivity contribution in [3.63, 3.8) is 0 Å². The van der Waals surface area contributed by atoms with E-state index in [4.69, 9.17) is 23.2 Å². The summed E-state index contributed by atoms with van der Waals surface area (Å²) in [4.78, 5) is 4.34. The van der Waals surface area contributed by atoms with Crippen molar-refractivity contribution >= 4 is 46.7 Å². The van der Waals surface area contributed by atoms with Crippen LogP contribution < -0.4 is 0 Å². The van der Waals surface area contributed by atoms with Crippen molar-refractivity contribution in [2.24, 2.45) is 0 Å². The van der Waals surface area contributed by atoms with Gasteiger partial charge in [0, 0.05) is 10.4 Å². The third kappa shape index (κ3) is 3.08. The lowest BCUT2D eigenvalue weighted by atomic mass is 10.2. The number of nitrogens with zero attached hydrogens (tertiary/aromatic N) is 1. The molecule has 1 aromatic carbocycles. The molecule has 0 aliphatic heterocycles. The van der Waals surface area contributed by atoms with Crippen LogP contribution in [0.25, 0.3) is 12.2 Å². The molecule has 0 spiro atoms. The second kappa shape index (κ2) is 5.48. The van der Waals surface area contributed by atoms with Crippen molar-refractivity contribution in [3.05, 3.63) is 50.9 Å². The molecule has 2 aromatic rings. The van der Waals surface area contributed by atoms with E-state index in [2.05, 4.69) is 4.98 Å². The van der Waals surface area contributed by atoms with Gasteiger partial charge in [0.2, 0.25) is 0 Å². The maximum Gasteiger partial charge on any atom is 0.116 e. The van der Waals surface area contributed by atoms with Gasteiger partial charge in [0.25, 0.3) is 0 Å². The van der Waals surface area contributed by atoms with Gasteiger partial charge < -0.3 is 0 Å². The lowest BCUT2D eigenvalue weighted by Gasteiger charge is -1.92. The van der Waals surface area contributed by atoms with Crippen LogP contribution in [0.3, 0.4) is 0 Å². The predicted octanol–water partition coefficient (Wildman–Crippen LogP) is 4.71. The molecule has 0 fully saturated rings. The first-order chi connectivity index (χ1) is 7.78. The Hall–Kier alpha value is -0.830. The van der Waals surface area contributed by atoms with E-state index in [1.807, 2.05) is 41.8 Å². The van der Waals surface area contributed by atoms with E-state index < -0.39 is 0 Å². The van der Waals surface area contributed by atoms with Gasteiger partial charge in [-0.2, -0.15) is 0 Å². The van der Waals surface area contributed by atoms with Gasteiger partial charge in [0.1, 0.15) is 5.01 Å². The largest absolute Gasteiger partial charge is 0.240 e. The number of benzene rings is 1. The number of alkyl halides is 1. The monoisotopic (exact) mass is 269 g/mol. The van der Waals surface area contributed by atoms with Crippen LogP contribution in [-0.2, 0) is 5.88 Å². The molecule has 0 aliphatic rings. The number of hydrogen-bond donors (Lipinski definition) is 0. The zero-order valence-electron chi connectivity index (χ0n) is 8.36. The van der Waals surface area contributed by atoms with Crippen molar-refractivity contribution in [2.45, 2.75) is 5.88 Å². The van der Waals surface area contributed by atoms with E-state index in [9.17, 15) is 0 Å². The van der Waals surface area contributed by atoms with Crippen LogP contribution in [0.1, 0.15) is 16.3 Å². The van der Waals surface area contributed by atoms with E-state index in [1.54, 1.807) is 11.3 Å². The average molecular weight is 270 g/mol. The number of thiazole rings is 1. The van der Waals surface area contributed by atoms with Crippen LogP contribution in [0.4, 0.5) is 0 Å². The summed E-state index contributed by atoms with van der Waals surface area (Å²) < 4.78 is 0. The Kier molecular flexibility index (Phi) is 3.99. The Morgan fingerprint density at radius 3 is 2.56 bits per heavy atom. The first kappa shape index (κ1) is 11.6. The Bertz CT molecular complexity index is 488. The first-order valence-electron chi connectivity index (χ1n) is 4.72. The molecular formula is C12H9Cl2NS. The lowest BCUT2D eigenvalue weighted by molar-refractivity contribution is 1.22. The predicted molar refractivity (Wildman–Crippen MR) is 72.1 cm³/mol. The fourth-order valence-electron chi connectivity index (χ4n) is 1.20. The minimum atomic E-state index is 0.464. The highest BCUT2D eigenvalue weighted by Crippen LogP contribution is 2.16. The van der Waals surface area contributed by atoms with Crippen LogP contribution in [0.2, 0.25) is 5.02 Å². The summed E-state index contributed by atoms with van der Waals surface area (Å²) in [5.74, 6) is 0.464. The third-order valence-electron chi connectivity index (χ3n) is 1.99. The van der Waals surface area contributed by atoms with E-state index in [0.717, 1.165) is 21.3 Å². The van der Waals surface area contributed by atoms with Gasteiger partial charge >= 0.3 is 0 Å². The minimum absolute atomic E-state index is 0.464. The summed E-state index contributed by atoms with van der Waals surface area (Å²) in [5, 5.41) is 3.68. The van der Waals surface area contributed by atoms with Gasteiger partial charge in [-0.15, -0.1) is 22.9 Å². The highest BCUT2D eigenvalue weighted by Gasteiger charge is 1.96. The normalized spacial score (nSPS) is 11.1. The van der Waals surface area contributed by atoms with Gasteiger partial charge in [-0.25, -0.2) is 4.98 Å². The smallest absolute Gasteiger partial charge is 0.116 e. The zero-order chi connectivity index (χ0) is 11.4. The summed E-state index contributed by atoms with van der Waals surface area (Å²) in [5.41, 5.74) is 2.02. The molecule has 4 heteroatoms. The molecule has 2 rings (SSSR count). The highest BCUT2D eigenvalue weighted by atomic mass is 35.5. The molecule has 0 atom stereocenters. The van der Waals surface area contributed by atoms with E-state index in [1.165, 1.54) is 0 Å². The molecule has 0 N–H and O–H groups in total. The Morgan fingerprint density at radius 1 is 1.19 bits per heavy atom. The molecule has 1 aromatic heterocycles. The van der Waals surface area contributed by atoms with E-state index in [-0.39, 0.29) is 0 Å². The van der Waals surface area contributed by atoms with E-state index in [0.29, 0.717) is 5.88 Å². The molecule has 0 bridgehead atoms. The van der Waals surface area contributed by atoms with Crippen molar-refractivity contribution in [2.75, 3.05) is 0 Å². The Labute approximate surface area is 108 Å². The van der Waals surface area contributed by atoms with Crippen LogP contribution in [0.15, 0.2) is 29.6 Å². The summed E-state index contributed by atoms with van der Waals surface area (Å²) in [6, 6.07) is 7.67. The second-order valence-corrected chi connectivity index (χ2v) is 4.79. The van der Waals surface area contributed by atoms with Crippen molar-refractivity contribution in [3.8, 4) is 0 Å². The average Bonchev–Trinajstić information content (AvgIpc) is 2.76. The first-order valence-corrected chi connectivity index (χ1v) is 6.51. The lowest BCUT2D eigenvalue weighted by Crippen LogP contribution is -1.76. The molecule has 82 valence electrons. The Balaban J connectivity index is 2.11. The summed E-state index contributed by atoms with van der Waals surface area (Å²) >= 11 is 13.1. The molecule has 0 radical (unpaired) electrons. The fraction of sp³-hybridized carbons (Fsp3) is 0.0833. The zero-order valence-corrected chi connectivity index (χ0v) is 10.7. The maximum absolute atomic E-state index is 5.80. The van der Waals surface area contributed by atoms with E-state index >= 15 is 0 Å². The number of rotatable bonds is 3. The van der Waals surface area contributed by atoms with Crippen molar-refractivity contribution in [1.82, 2.24) is 4.98 Å². The number of hydrogen-bond acceptors (Lipinski definition) is 2. The number of halogens is 2. The van der Waals surface area contributed by atoms with Gasteiger partial charge in [0.15, 0.2) is 0 Å². The quantitative estimate of drug-likeness (QED) is 0.736. The SMILES string of the molecule is ClCc1csc(/C=C/c2ccc(Cl)cc2)n1. The molecule has 0 aliphatic carbocycles. The van der Waals surface area contributed by atoms with Gasteiger partial charge in [-0.05, 0) is 23.8 Å². The van der Waals surface area contributed by atoms with Crippen LogP contribution in [-0.4, -0.2) is 4.98 Å². The highest BCUT2D eigenvalue weighted by molar-refractivity contribution is 7.10. The third-order valence-corrected chi connectivity index (χ3v) is 3.38. The minimum Gasteiger partial charge on any atom is -0.240 e. The topological polar surface area (TPSA) is 12.9 Å². The van der Waals surface area contributed by atoms with Gasteiger partial charge in [0.05, 0.1) is 11.6 Å². The maximum atomic E-state index is 5.80. The molecule has 0 unspecified atom stereocenters. The molecule has 0 saturated heterocycles. The van der Waals surface area contributed by atoms with Crippen LogP contribution >= 0.6 is 34.5 Å². The standard InChI is InChI=1S/C12H9Cl2NS/c13-7-11-8-16-12(15-11)6-3-9-1-4-10(14)5-2-9/h1-6,8H,7H2/b6-3+. The molecule has 1 heterocycles. The van der Waals surface area contributed by atoms with Crippen molar-refractivity contribution in [1.29, 1.82) is 0 Å². The molecule has 0 amide bonds. The van der Waals surface area contributed by atoms with Crippen LogP contribution in [0.5, 0.6) is 0 Å². The van der Waals surface area contributed by atoms with Gasteiger partial charge in [-0.3, -0.25) is 0 Å². The second-order valence-electron chi connectivity index (χ2n) is 3.20. The Morgan fingerprint density at radius 2 is 1.94 bits per heavy atom. The van der Waals surface area contributed by atoms with Gasteiger partial charge in [-0.1, -0.05) is 29.8 Å². The molecular weight excluding hydrogens is 261 g/mol. The van der Waals surface area contributed by atoms with Crippen LogP contribution in [0, 0.1) is 0 Å². The molecule has 1 nitrogen and oxygen atoms in total. The summed E-state index contributed by atoms with van der Waals surface area (Å²) in [6.07, 6.45) is 3.98. The molecule has 16 heavy (non-hydrogen) atoms.